The lowest BCUT2D eigenvalue weighted by molar-refractivity contribution is 0.530. The molecule has 0 aromatic carbocycles. The Bertz CT molecular complexity index is 493. The fourth-order valence-electron chi connectivity index (χ4n) is 1.80. The van der Waals surface area contributed by atoms with Gasteiger partial charge in [-0.1, -0.05) is 6.92 Å². The minimum absolute atomic E-state index is 0.899. The Morgan fingerprint density at radius 3 is 2.83 bits per heavy atom. The smallest absolute Gasteiger partial charge is 0.113 e. The molecule has 0 unspecified atom stereocenters. The molecule has 0 amide bonds. The van der Waals surface area contributed by atoms with Gasteiger partial charge in [0.2, 0.25) is 0 Å². The van der Waals surface area contributed by atoms with E-state index >= 15 is 0 Å². The van der Waals surface area contributed by atoms with Gasteiger partial charge in [0.1, 0.15) is 5.76 Å². The van der Waals surface area contributed by atoms with Crippen LogP contribution in [0.25, 0.3) is 0 Å². The standard InChI is InChI=1S/C13H17BrN2OS/c1-3-11-13(14)12(16(4-2)15-11)9-18-8-10-6-5-7-17-10/h5-7H,3-4,8-9H2,1-2H3. The molecule has 0 bridgehead atoms. The summed E-state index contributed by atoms with van der Waals surface area (Å²) in [6.07, 6.45) is 2.68. The molecule has 0 fully saturated rings. The van der Waals surface area contributed by atoms with Crippen LogP contribution < -0.4 is 0 Å². The Morgan fingerprint density at radius 2 is 2.22 bits per heavy atom. The van der Waals surface area contributed by atoms with E-state index in [1.165, 1.54) is 10.2 Å². The number of hydrogen-bond donors (Lipinski definition) is 0. The van der Waals surface area contributed by atoms with E-state index in [9.17, 15) is 0 Å². The minimum Gasteiger partial charge on any atom is -0.468 e. The highest BCUT2D eigenvalue weighted by molar-refractivity contribution is 9.10. The summed E-state index contributed by atoms with van der Waals surface area (Å²) in [5.74, 6) is 2.87. The first-order valence-corrected chi connectivity index (χ1v) is 8.05. The van der Waals surface area contributed by atoms with Crippen LogP contribution >= 0.6 is 27.7 Å². The van der Waals surface area contributed by atoms with Gasteiger partial charge in [0.15, 0.2) is 0 Å². The Kier molecular flexibility index (Phi) is 4.95. The Hall–Kier alpha value is -0.680. The maximum absolute atomic E-state index is 5.33. The topological polar surface area (TPSA) is 31.0 Å². The first-order chi connectivity index (χ1) is 8.76. The molecule has 0 N–H and O–H groups in total. The van der Waals surface area contributed by atoms with E-state index in [0.29, 0.717) is 0 Å². The van der Waals surface area contributed by atoms with E-state index in [1.54, 1.807) is 6.26 Å². The third kappa shape index (κ3) is 3.01. The average molecular weight is 329 g/mol. The second kappa shape index (κ2) is 6.48. The zero-order chi connectivity index (χ0) is 13.0. The molecule has 2 heterocycles. The molecular formula is C13H17BrN2OS. The van der Waals surface area contributed by atoms with Crippen molar-refractivity contribution < 1.29 is 4.42 Å². The van der Waals surface area contributed by atoms with Crippen LogP contribution in [0.2, 0.25) is 0 Å². The number of furan rings is 1. The summed E-state index contributed by atoms with van der Waals surface area (Å²) < 4.78 is 8.58. The number of rotatable bonds is 6. The SMILES string of the molecule is CCc1nn(CC)c(CSCc2ccco2)c1Br. The van der Waals surface area contributed by atoms with Gasteiger partial charge in [0.25, 0.3) is 0 Å². The number of hydrogen-bond acceptors (Lipinski definition) is 3. The van der Waals surface area contributed by atoms with Crippen molar-refractivity contribution in [2.24, 2.45) is 0 Å². The third-order valence-electron chi connectivity index (χ3n) is 2.76. The second-order valence-electron chi connectivity index (χ2n) is 3.95. The predicted octanol–water partition coefficient (Wildman–Crippen LogP) is 4.25. The molecule has 5 heteroatoms. The summed E-state index contributed by atoms with van der Waals surface area (Å²) in [5.41, 5.74) is 2.41. The zero-order valence-corrected chi connectivity index (χ0v) is 13.1. The van der Waals surface area contributed by atoms with Crippen molar-refractivity contribution in [2.45, 2.75) is 38.3 Å². The molecule has 2 rings (SSSR count). The minimum atomic E-state index is 0.899. The molecule has 0 spiro atoms. The van der Waals surface area contributed by atoms with Gasteiger partial charge in [-0.15, -0.1) is 11.8 Å². The Labute approximate surface area is 120 Å². The Morgan fingerprint density at radius 1 is 1.39 bits per heavy atom. The van der Waals surface area contributed by atoms with Gasteiger partial charge in [-0.3, -0.25) is 4.68 Å². The van der Waals surface area contributed by atoms with Crippen LogP contribution in [0.15, 0.2) is 27.3 Å². The fourth-order valence-corrected chi connectivity index (χ4v) is 3.64. The van der Waals surface area contributed by atoms with Crippen LogP contribution in [-0.4, -0.2) is 9.78 Å². The van der Waals surface area contributed by atoms with Crippen molar-refractivity contribution in [3.8, 4) is 0 Å². The first kappa shape index (κ1) is 13.7. The van der Waals surface area contributed by atoms with Gasteiger partial charge in [-0.25, -0.2) is 0 Å². The number of aryl methyl sites for hydroxylation is 2. The van der Waals surface area contributed by atoms with E-state index in [1.807, 2.05) is 23.9 Å². The highest BCUT2D eigenvalue weighted by Crippen LogP contribution is 2.27. The number of halogens is 1. The van der Waals surface area contributed by atoms with Crippen molar-refractivity contribution in [1.82, 2.24) is 9.78 Å². The second-order valence-corrected chi connectivity index (χ2v) is 5.73. The summed E-state index contributed by atoms with van der Waals surface area (Å²) in [6, 6.07) is 3.94. The summed E-state index contributed by atoms with van der Waals surface area (Å²) in [6.45, 7) is 5.17. The summed E-state index contributed by atoms with van der Waals surface area (Å²) in [7, 11) is 0. The molecule has 0 atom stereocenters. The molecule has 3 nitrogen and oxygen atoms in total. The maximum Gasteiger partial charge on any atom is 0.113 e. The van der Waals surface area contributed by atoms with E-state index in [0.717, 1.165) is 35.9 Å². The molecule has 0 saturated carbocycles. The van der Waals surface area contributed by atoms with E-state index in [-0.39, 0.29) is 0 Å². The molecule has 18 heavy (non-hydrogen) atoms. The lowest BCUT2D eigenvalue weighted by atomic mass is 10.3. The third-order valence-corrected chi connectivity index (χ3v) is 4.64. The summed E-state index contributed by atoms with van der Waals surface area (Å²) >= 11 is 5.51. The number of nitrogens with zero attached hydrogens (tertiary/aromatic N) is 2. The van der Waals surface area contributed by atoms with Crippen molar-refractivity contribution >= 4 is 27.7 Å². The zero-order valence-electron chi connectivity index (χ0n) is 10.6. The van der Waals surface area contributed by atoms with Gasteiger partial charge < -0.3 is 4.42 Å². The van der Waals surface area contributed by atoms with Crippen molar-refractivity contribution in [2.75, 3.05) is 0 Å². The molecular weight excluding hydrogens is 312 g/mol. The monoisotopic (exact) mass is 328 g/mol. The lowest BCUT2D eigenvalue weighted by Gasteiger charge is -2.04. The van der Waals surface area contributed by atoms with E-state index in [2.05, 4.69) is 39.6 Å². The van der Waals surface area contributed by atoms with Gasteiger partial charge in [0, 0.05) is 12.3 Å². The van der Waals surface area contributed by atoms with Crippen LogP contribution in [-0.2, 0) is 24.5 Å². The van der Waals surface area contributed by atoms with Gasteiger partial charge in [-0.05, 0) is 41.4 Å². The van der Waals surface area contributed by atoms with Gasteiger partial charge in [-0.2, -0.15) is 5.10 Å². The van der Waals surface area contributed by atoms with Crippen LogP contribution in [0, 0.1) is 0 Å². The van der Waals surface area contributed by atoms with Crippen molar-refractivity contribution in [3.05, 3.63) is 40.0 Å². The van der Waals surface area contributed by atoms with E-state index < -0.39 is 0 Å². The highest BCUT2D eigenvalue weighted by atomic mass is 79.9. The summed E-state index contributed by atoms with van der Waals surface area (Å²) in [4.78, 5) is 0. The molecule has 0 radical (unpaired) electrons. The molecule has 0 aliphatic carbocycles. The highest BCUT2D eigenvalue weighted by Gasteiger charge is 2.13. The van der Waals surface area contributed by atoms with Crippen molar-refractivity contribution in [3.63, 3.8) is 0 Å². The quantitative estimate of drug-likeness (QED) is 0.794. The predicted molar refractivity (Wildman–Crippen MR) is 78.7 cm³/mol. The van der Waals surface area contributed by atoms with Crippen LogP contribution in [0.3, 0.4) is 0 Å². The number of aromatic nitrogens is 2. The van der Waals surface area contributed by atoms with Crippen LogP contribution in [0.4, 0.5) is 0 Å². The summed E-state index contributed by atoms with van der Waals surface area (Å²) in [5, 5.41) is 4.60. The molecule has 0 aliphatic rings. The van der Waals surface area contributed by atoms with E-state index in [4.69, 9.17) is 4.42 Å². The van der Waals surface area contributed by atoms with Gasteiger partial charge >= 0.3 is 0 Å². The maximum atomic E-state index is 5.33. The normalized spacial score (nSPS) is 11.1. The molecule has 0 saturated heterocycles. The molecule has 2 aromatic heterocycles. The molecule has 2 aromatic rings. The fraction of sp³-hybridized carbons (Fsp3) is 0.462. The van der Waals surface area contributed by atoms with Crippen LogP contribution in [0.1, 0.15) is 31.0 Å². The average Bonchev–Trinajstić information content (AvgIpc) is 2.99. The van der Waals surface area contributed by atoms with Crippen molar-refractivity contribution in [1.29, 1.82) is 0 Å². The Balaban J connectivity index is 2.01. The largest absolute Gasteiger partial charge is 0.468 e. The first-order valence-electron chi connectivity index (χ1n) is 6.10. The molecule has 0 aliphatic heterocycles. The lowest BCUT2D eigenvalue weighted by Crippen LogP contribution is -2.02. The van der Waals surface area contributed by atoms with Crippen LogP contribution in [0.5, 0.6) is 0 Å². The van der Waals surface area contributed by atoms with Gasteiger partial charge in [0.05, 0.1) is 27.9 Å². The number of thioether (sulfide) groups is 1. The molecule has 98 valence electrons.